The van der Waals surface area contributed by atoms with Crippen molar-refractivity contribution in [1.29, 1.82) is 0 Å². The summed E-state index contributed by atoms with van der Waals surface area (Å²) in [6.45, 7) is 9.22. The van der Waals surface area contributed by atoms with Crippen molar-refractivity contribution in [1.82, 2.24) is 14.5 Å². The lowest BCUT2D eigenvalue weighted by Gasteiger charge is -2.32. The minimum atomic E-state index is 0.364. The van der Waals surface area contributed by atoms with Crippen molar-refractivity contribution in [2.75, 3.05) is 20.7 Å². The van der Waals surface area contributed by atoms with E-state index in [-0.39, 0.29) is 0 Å². The molecule has 4 aromatic rings. The number of fused-ring (bicyclic) bond motifs is 1. The molecule has 1 fully saturated rings. The van der Waals surface area contributed by atoms with E-state index in [0.717, 1.165) is 58.7 Å². The van der Waals surface area contributed by atoms with Gasteiger partial charge in [-0.15, -0.1) is 0 Å². The first kappa shape index (κ1) is 25.6. The van der Waals surface area contributed by atoms with Crippen LogP contribution in [0.1, 0.15) is 63.7 Å². The molecule has 0 spiro atoms. The number of benzene rings is 3. The maximum atomic E-state index is 10.6. The number of hydrogen-bond donors (Lipinski definition) is 0. The Bertz CT molecular complexity index is 1330. The third kappa shape index (κ3) is 5.36. The second-order valence-electron chi connectivity index (χ2n) is 9.92. The van der Waals surface area contributed by atoms with Crippen LogP contribution in [-0.4, -0.2) is 41.4 Å². The molecular formula is C31H37N3O2. The average Bonchev–Trinajstić information content (AvgIpc) is 3.22. The summed E-state index contributed by atoms with van der Waals surface area (Å²) in [6, 6.07) is 19.2. The number of nitrogens with zero attached hydrogens (tertiary/aromatic N) is 3. The molecule has 0 N–H and O–H groups in total. The Hall–Kier alpha value is -3.44. The third-order valence-corrected chi connectivity index (χ3v) is 7.09. The predicted molar refractivity (Wildman–Crippen MR) is 148 cm³/mol. The molecule has 188 valence electrons. The molecule has 1 atom stereocenters. The van der Waals surface area contributed by atoms with E-state index in [1.165, 1.54) is 29.5 Å². The molecule has 0 amide bonds. The van der Waals surface area contributed by atoms with Crippen LogP contribution in [0.5, 0.6) is 5.75 Å². The van der Waals surface area contributed by atoms with Gasteiger partial charge in [-0.1, -0.05) is 30.2 Å². The summed E-state index contributed by atoms with van der Waals surface area (Å²) in [6.07, 6.45) is 4.62. The Balaban J connectivity index is 0.000000233. The molecule has 0 saturated carbocycles. The van der Waals surface area contributed by atoms with E-state index in [1.54, 1.807) is 7.11 Å². The molecule has 2 heterocycles. The van der Waals surface area contributed by atoms with E-state index in [4.69, 9.17) is 9.72 Å². The fourth-order valence-electron chi connectivity index (χ4n) is 5.21. The molecule has 5 rings (SSSR count). The van der Waals surface area contributed by atoms with Crippen molar-refractivity contribution in [3.8, 4) is 11.4 Å². The zero-order valence-electron chi connectivity index (χ0n) is 22.3. The molecule has 0 aliphatic carbocycles. The fraction of sp³-hybridized carbons (Fsp3) is 0.355. The highest BCUT2D eigenvalue weighted by molar-refractivity contribution is 5.80. The molecule has 1 aliphatic rings. The normalized spacial score (nSPS) is 15.9. The number of piperidine rings is 1. The van der Waals surface area contributed by atoms with Crippen molar-refractivity contribution >= 4 is 17.3 Å². The summed E-state index contributed by atoms with van der Waals surface area (Å²) in [4.78, 5) is 18.1. The van der Waals surface area contributed by atoms with Gasteiger partial charge in [0.05, 0.1) is 24.2 Å². The van der Waals surface area contributed by atoms with Gasteiger partial charge in [0.2, 0.25) is 0 Å². The first-order valence-corrected chi connectivity index (χ1v) is 12.7. The molecule has 3 aromatic carbocycles. The molecule has 0 radical (unpaired) electrons. The van der Waals surface area contributed by atoms with Gasteiger partial charge in [-0.05, 0) is 107 Å². The molecule has 5 nitrogen and oxygen atoms in total. The lowest BCUT2D eigenvalue weighted by atomic mass is 10.0. The maximum absolute atomic E-state index is 10.6. The Morgan fingerprint density at radius 1 is 0.917 bits per heavy atom. The quantitative estimate of drug-likeness (QED) is 0.296. The smallest absolute Gasteiger partial charge is 0.150 e. The van der Waals surface area contributed by atoms with Crippen LogP contribution in [0, 0.1) is 27.7 Å². The average molecular weight is 484 g/mol. The molecule has 1 aliphatic heterocycles. The number of ether oxygens (including phenoxy) is 1. The van der Waals surface area contributed by atoms with Crippen LogP contribution >= 0.6 is 0 Å². The standard InChI is InChI=1S/C21H25N3O.C10H12O/c1-15-7-12-19-18(14-15)22-21(20-6-4-5-13-23(20)2)24(19)16-8-10-17(25-3)11-9-16;1-7-4-8(2)10(6-11)9(3)5-7/h7-12,14,20H,4-6,13H2,1-3H3;4-6H,1-3H3. The van der Waals surface area contributed by atoms with Gasteiger partial charge in [-0.2, -0.15) is 0 Å². The van der Waals surface area contributed by atoms with Crippen molar-refractivity contribution in [2.45, 2.75) is 53.0 Å². The van der Waals surface area contributed by atoms with Gasteiger partial charge in [0.15, 0.2) is 6.29 Å². The predicted octanol–water partition coefficient (Wildman–Crippen LogP) is 6.92. The van der Waals surface area contributed by atoms with Gasteiger partial charge < -0.3 is 4.74 Å². The SMILES string of the molecule is COc1ccc(-n2c(C3CCCCN3C)nc3cc(C)ccc32)cc1.Cc1cc(C)c(C=O)c(C)c1. The molecule has 0 bridgehead atoms. The van der Waals surface area contributed by atoms with Crippen molar-refractivity contribution in [3.63, 3.8) is 0 Å². The van der Waals surface area contributed by atoms with E-state index in [2.05, 4.69) is 53.8 Å². The number of aldehydes is 1. The van der Waals surface area contributed by atoms with Crippen molar-refractivity contribution < 1.29 is 9.53 Å². The number of imidazole rings is 1. The van der Waals surface area contributed by atoms with Gasteiger partial charge in [0.25, 0.3) is 0 Å². The summed E-state index contributed by atoms with van der Waals surface area (Å²) < 4.78 is 7.64. The number of likely N-dealkylation sites (tertiary alicyclic amines) is 1. The minimum absolute atomic E-state index is 0.364. The topological polar surface area (TPSA) is 47.4 Å². The summed E-state index contributed by atoms with van der Waals surface area (Å²) in [7, 11) is 3.92. The summed E-state index contributed by atoms with van der Waals surface area (Å²) in [5, 5.41) is 0. The molecular weight excluding hydrogens is 446 g/mol. The number of rotatable bonds is 4. The minimum Gasteiger partial charge on any atom is -0.497 e. The Kier molecular flexibility index (Phi) is 7.90. The largest absolute Gasteiger partial charge is 0.497 e. The van der Waals surface area contributed by atoms with Crippen molar-refractivity contribution in [2.24, 2.45) is 0 Å². The molecule has 5 heteroatoms. The van der Waals surface area contributed by atoms with Crippen molar-refractivity contribution in [3.05, 3.63) is 88.2 Å². The fourth-order valence-corrected chi connectivity index (χ4v) is 5.21. The monoisotopic (exact) mass is 483 g/mol. The lowest BCUT2D eigenvalue weighted by Crippen LogP contribution is -2.31. The zero-order valence-corrected chi connectivity index (χ0v) is 22.3. The first-order chi connectivity index (χ1) is 17.3. The number of methoxy groups -OCH3 is 1. The highest BCUT2D eigenvalue weighted by atomic mass is 16.5. The third-order valence-electron chi connectivity index (χ3n) is 7.09. The highest BCUT2D eigenvalue weighted by Crippen LogP contribution is 2.34. The van der Waals surface area contributed by atoms with Gasteiger partial charge in [-0.3, -0.25) is 14.3 Å². The number of carbonyl (C=O) groups excluding carboxylic acids is 1. The number of aryl methyl sites for hydroxylation is 4. The Labute approximate surface area is 214 Å². The van der Waals surface area contributed by atoms with E-state index in [1.807, 2.05) is 45.0 Å². The Morgan fingerprint density at radius 2 is 1.61 bits per heavy atom. The molecule has 1 unspecified atom stereocenters. The van der Waals surface area contributed by atoms with Gasteiger partial charge in [0.1, 0.15) is 11.6 Å². The maximum Gasteiger partial charge on any atom is 0.150 e. The van der Waals surface area contributed by atoms with E-state index in [9.17, 15) is 4.79 Å². The first-order valence-electron chi connectivity index (χ1n) is 12.7. The highest BCUT2D eigenvalue weighted by Gasteiger charge is 2.27. The van der Waals surface area contributed by atoms with Crippen LogP contribution in [-0.2, 0) is 0 Å². The zero-order chi connectivity index (χ0) is 25.8. The van der Waals surface area contributed by atoms with E-state index in [0.29, 0.717) is 6.04 Å². The van der Waals surface area contributed by atoms with Crippen LogP contribution in [0.15, 0.2) is 54.6 Å². The lowest BCUT2D eigenvalue weighted by molar-refractivity contribution is 0.112. The molecule has 36 heavy (non-hydrogen) atoms. The number of carbonyl (C=O) groups is 1. The van der Waals surface area contributed by atoms with Gasteiger partial charge in [0, 0.05) is 11.3 Å². The van der Waals surface area contributed by atoms with Crippen LogP contribution < -0.4 is 4.74 Å². The summed E-state index contributed by atoms with van der Waals surface area (Å²) >= 11 is 0. The molecule has 1 aromatic heterocycles. The van der Waals surface area contributed by atoms with Crippen LogP contribution in [0.4, 0.5) is 0 Å². The summed E-state index contributed by atoms with van der Waals surface area (Å²) in [5.41, 5.74) is 8.81. The van der Waals surface area contributed by atoms with E-state index < -0.39 is 0 Å². The van der Waals surface area contributed by atoms with Gasteiger partial charge in [-0.25, -0.2) is 4.98 Å². The Morgan fingerprint density at radius 3 is 2.22 bits per heavy atom. The van der Waals surface area contributed by atoms with Crippen LogP contribution in [0.2, 0.25) is 0 Å². The number of aromatic nitrogens is 2. The molecule has 1 saturated heterocycles. The van der Waals surface area contributed by atoms with E-state index >= 15 is 0 Å². The van der Waals surface area contributed by atoms with Gasteiger partial charge >= 0.3 is 0 Å². The second kappa shape index (κ2) is 11.1. The second-order valence-corrected chi connectivity index (χ2v) is 9.92. The number of hydrogen-bond acceptors (Lipinski definition) is 4. The van der Waals surface area contributed by atoms with Crippen LogP contribution in [0.3, 0.4) is 0 Å². The summed E-state index contributed by atoms with van der Waals surface area (Å²) in [5.74, 6) is 2.02. The van der Waals surface area contributed by atoms with Crippen LogP contribution in [0.25, 0.3) is 16.7 Å².